The van der Waals surface area contributed by atoms with E-state index < -0.39 is 11.3 Å². The molecule has 10 heavy (non-hydrogen) atoms. The lowest BCUT2D eigenvalue weighted by Crippen LogP contribution is -2.44. The Balaban J connectivity index is 3.82. The molecule has 0 saturated carbocycles. The quantitative estimate of drug-likeness (QED) is 0.429. The Morgan fingerprint density at radius 1 is 1.60 bits per heavy atom. The molecule has 2 unspecified atom stereocenters. The largest absolute Gasteiger partial charge is 0.394 e. The molecular weight excluding hydrogens is 148 g/mol. The van der Waals surface area contributed by atoms with Gasteiger partial charge in [0.25, 0.3) is 0 Å². The summed E-state index contributed by atoms with van der Waals surface area (Å²) in [5, 5.41) is 26.0. The molecule has 2 atom stereocenters. The minimum Gasteiger partial charge on any atom is -0.394 e. The second-order valence-corrected chi connectivity index (χ2v) is 4.54. The van der Waals surface area contributed by atoms with Crippen molar-refractivity contribution in [3.63, 3.8) is 0 Å². The molecule has 3 nitrogen and oxygen atoms in total. The van der Waals surface area contributed by atoms with Crippen molar-refractivity contribution in [3.05, 3.63) is 0 Å². The molecule has 0 rings (SSSR count). The second kappa shape index (κ2) is 4.08. The van der Waals surface area contributed by atoms with Gasteiger partial charge < -0.3 is 15.3 Å². The molecule has 0 saturated heterocycles. The maximum atomic E-state index is 9.43. The summed E-state index contributed by atoms with van der Waals surface area (Å²) in [6, 6.07) is 0. The molecule has 62 valence electrons. The maximum absolute atomic E-state index is 9.43. The van der Waals surface area contributed by atoms with Gasteiger partial charge in [0.2, 0.25) is 0 Å². The first-order valence-electron chi connectivity index (χ1n) is 3.56. The van der Waals surface area contributed by atoms with Crippen molar-refractivity contribution < 1.29 is 15.3 Å². The normalized spacial score (nSPS) is 20.4. The van der Waals surface area contributed by atoms with E-state index in [1.54, 1.807) is 0 Å². The first kappa shape index (κ1) is 10.1. The van der Waals surface area contributed by atoms with E-state index in [-0.39, 0.29) is 6.61 Å². The second-order valence-electron chi connectivity index (χ2n) is 2.81. The van der Waals surface area contributed by atoms with Gasteiger partial charge in [-0.25, -0.2) is 0 Å². The number of aliphatic hydroxyl groups is 3. The van der Waals surface area contributed by atoms with E-state index in [9.17, 15) is 5.11 Å². The van der Waals surface area contributed by atoms with Crippen LogP contribution < -0.4 is 0 Å². The van der Waals surface area contributed by atoms with Crippen LogP contribution in [0.2, 0.25) is 0 Å². The highest BCUT2D eigenvalue weighted by Gasteiger charge is 2.27. The summed E-state index contributed by atoms with van der Waals surface area (Å²) >= 11 is 0. The fraction of sp³-hybridized carbons (Fsp3) is 1.00. The van der Waals surface area contributed by atoms with Gasteiger partial charge in [-0.2, -0.15) is 0 Å². The molecule has 4 heteroatoms. The van der Waals surface area contributed by atoms with Crippen LogP contribution in [0.1, 0.15) is 19.8 Å². The van der Waals surface area contributed by atoms with Crippen LogP contribution >= 0.6 is 0 Å². The van der Waals surface area contributed by atoms with Crippen molar-refractivity contribution in [2.75, 3.05) is 6.61 Å². The van der Waals surface area contributed by atoms with Gasteiger partial charge in [0, 0.05) is 10.2 Å². The van der Waals surface area contributed by atoms with Gasteiger partial charge in [-0.1, -0.05) is 13.3 Å². The lowest BCUT2D eigenvalue weighted by molar-refractivity contribution is -0.0459. The first-order valence-corrected chi connectivity index (χ1v) is 4.56. The zero-order valence-corrected chi connectivity index (χ0v) is 8.54. The highest BCUT2D eigenvalue weighted by molar-refractivity contribution is 6.14. The van der Waals surface area contributed by atoms with Gasteiger partial charge in [-0.05, 0) is 6.42 Å². The zero-order chi connectivity index (χ0) is 8.20. The highest BCUT2D eigenvalue weighted by Crippen LogP contribution is 2.12. The Morgan fingerprint density at radius 2 is 2.10 bits per heavy atom. The van der Waals surface area contributed by atoms with Crippen molar-refractivity contribution in [3.8, 4) is 0 Å². The standard InChI is InChI=1S/C6H16O3Si/c1-2-3-6(9,10)5(8)4-7/h5,7-9H,2-4H2,1,10H3. The Labute approximate surface area is 64.1 Å². The molecule has 0 aliphatic rings. The lowest BCUT2D eigenvalue weighted by Gasteiger charge is -2.27. The minimum absolute atomic E-state index is 0.347. The molecule has 0 aromatic carbocycles. The molecule has 0 aliphatic heterocycles. The molecular formula is C6H16O3Si. The summed E-state index contributed by atoms with van der Waals surface area (Å²) in [7, 11) is 0.497. The molecule has 0 aromatic rings. The fourth-order valence-corrected chi connectivity index (χ4v) is 1.55. The average Bonchev–Trinajstić information content (AvgIpc) is 1.86. The summed E-state index contributed by atoms with van der Waals surface area (Å²) in [6.07, 6.45) is 0.442. The lowest BCUT2D eigenvalue weighted by atomic mass is 10.1. The topological polar surface area (TPSA) is 60.7 Å². The predicted octanol–water partition coefficient (Wildman–Crippen LogP) is -1.81. The summed E-state index contributed by atoms with van der Waals surface area (Å²) < 4.78 is 0. The van der Waals surface area contributed by atoms with Crippen LogP contribution in [0.4, 0.5) is 0 Å². The van der Waals surface area contributed by atoms with Gasteiger partial charge in [-0.3, -0.25) is 0 Å². The summed E-state index contributed by atoms with van der Waals surface area (Å²) in [6.45, 7) is 1.59. The smallest absolute Gasteiger partial charge is 0.102 e. The Bertz CT molecular complexity index is 95.0. The summed E-state index contributed by atoms with van der Waals surface area (Å²) in [5.41, 5.74) is 0. The van der Waals surface area contributed by atoms with Crippen molar-refractivity contribution in [2.24, 2.45) is 0 Å². The van der Waals surface area contributed by atoms with Crippen molar-refractivity contribution in [1.82, 2.24) is 0 Å². The Kier molecular flexibility index (Phi) is 4.11. The predicted molar refractivity (Wildman–Crippen MR) is 42.9 cm³/mol. The number of hydrogen-bond donors (Lipinski definition) is 3. The summed E-state index contributed by atoms with van der Waals surface area (Å²) in [5.74, 6) is 0. The third-order valence-corrected chi connectivity index (χ3v) is 2.81. The molecule has 0 amide bonds. The number of rotatable bonds is 4. The summed E-state index contributed by atoms with van der Waals surface area (Å²) in [4.78, 5) is 0. The van der Waals surface area contributed by atoms with Gasteiger partial charge in [-0.15, -0.1) is 0 Å². The maximum Gasteiger partial charge on any atom is 0.102 e. The zero-order valence-electron chi connectivity index (χ0n) is 6.54. The fourth-order valence-electron chi connectivity index (χ4n) is 0.869. The van der Waals surface area contributed by atoms with Crippen molar-refractivity contribution >= 4 is 10.2 Å². The van der Waals surface area contributed by atoms with E-state index in [4.69, 9.17) is 10.2 Å². The van der Waals surface area contributed by atoms with Gasteiger partial charge in [0.1, 0.15) is 6.10 Å². The van der Waals surface area contributed by atoms with Crippen LogP contribution in [0.15, 0.2) is 0 Å². The van der Waals surface area contributed by atoms with E-state index in [0.717, 1.165) is 6.42 Å². The van der Waals surface area contributed by atoms with Gasteiger partial charge in [0.05, 0.1) is 11.8 Å². The van der Waals surface area contributed by atoms with Gasteiger partial charge >= 0.3 is 0 Å². The molecule has 0 aromatic heterocycles. The van der Waals surface area contributed by atoms with E-state index in [1.807, 2.05) is 6.92 Å². The third-order valence-electron chi connectivity index (χ3n) is 1.65. The van der Waals surface area contributed by atoms with E-state index >= 15 is 0 Å². The Hall–Kier alpha value is 0.0969. The number of aliphatic hydroxyl groups excluding tert-OH is 2. The number of hydrogen-bond acceptors (Lipinski definition) is 3. The van der Waals surface area contributed by atoms with Crippen LogP contribution in [0.5, 0.6) is 0 Å². The monoisotopic (exact) mass is 164 g/mol. The SMILES string of the molecule is CCCC(O)([SiH3])C(O)CO. The van der Waals surface area contributed by atoms with Crippen molar-refractivity contribution in [2.45, 2.75) is 31.1 Å². The van der Waals surface area contributed by atoms with Crippen molar-refractivity contribution in [1.29, 1.82) is 0 Å². The van der Waals surface area contributed by atoms with Gasteiger partial charge in [0.15, 0.2) is 0 Å². The Morgan fingerprint density at radius 3 is 2.40 bits per heavy atom. The van der Waals surface area contributed by atoms with Crippen LogP contribution in [-0.4, -0.2) is 43.5 Å². The van der Waals surface area contributed by atoms with Crippen LogP contribution in [-0.2, 0) is 0 Å². The van der Waals surface area contributed by atoms with E-state index in [2.05, 4.69) is 0 Å². The molecule has 0 spiro atoms. The third kappa shape index (κ3) is 2.79. The molecule has 0 radical (unpaired) electrons. The molecule has 3 N–H and O–H groups in total. The highest BCUT2D eigenvalue weighted by atomic mass is 28.1. The van der Waals surface area contributed by atoms with Crippen LogP contribution in [0, 0.1) is 0 Å². The molecule has 0 fully saturated rings. The first-order chi connectivity index (χ1) is 4.54. The average molecular weight is 164 g/mol. The minimum atomic E-state index is -0.997. The van der Waals surface area contributed by atoms with Crippen LogP contribution in [0.25, 0.3) is 0 Å². The molecule has 0 aliphatic carbocycles. The molecule has 0 heterocycles. The molecule has 0 bridgehead atoms. The van der Waals surface area contributed by atoms with E-state index in [1.165, 1.54) is 0 Å². The van der Waals surface area contributed by atoms with Crippen LogP contribution in [0.3, 0.4) is 0 Å². The van der Waals surface area contributed by atoms with E-state index in [0.29, 0.717) is 16.7 Å².